The largest absolute Gasteiger partial charge is 0.464 e. The van der Waals surface area contributed by atoms with Crippen molar-refractivity contribution in [3.63, 3.8) is 0 Å². The summed E-state index contributed by atoms with van der Waals surface area (Å²) in [5.41, 5.74) is -1.77. The number of amidine groups is 1. The standard InChI is InChI=1S/C29H33F5N4O3Si/c1-42(2,3)11-10-39-17-38-14-19(28(7-8-28)29(32,33)34)23-22(4-9-35-25(23)38)41-24-20(30)12-18(13-21(24)31)37-26-36-15-27(5-6-27)16-40-26/h4,9,12-14H,5-8,10-11,15-17H2,1-3H3,(H,36,37). The second-order valence-corrected chi connectivity index (χ2v) is 18.5. The first-order valence-corrected chi connectivity index (χ1v) is 17.7. The van der Waals surface area contributed by atoms with E-state index >= 15 is 8.78 Å². The summed E-state index contributed by atoms with van der Waals surface area (Å²) < 4.78 is 91.9. The fourth-order valence-electron chi connectivity index (χ4n) is 5.17. The topological polar surface area (TPSA) is 69.9 Å². The molecule has 1 aromatic carbocycles. The number of nitrogens with one attached hydrogen (secondary N) is 1. The molecule has 3 aromatic rings. The molecular weight excluding hydrogens is 575 g/mol. The van der Waals surface area contributed by atoms with Crippen LogP contribution in [0.2, 0.25) is 25.7 Å². The summed E-state index contributed by atoms with van der Waals surface area (Å²) in [5.74, 6) is -2.94. The van der Waals surface area contributed by atoms with E-state index < -0.39 is 37.0 Å². The molecule has 42 heavy (non-hydrogen) atoms. The minimum Gasteiger partial charge on any atom is -0.464 e. The maximum Gasteiger partial charge on any atom is 0.398 e. The van der Waals surface area contributed by atoms with Gasteiger partial charge in [0.15, 0.2) is 17.4 Å². The Morgan fingerprint density at radius 2 is 1.81 bits per heavy atom. The summed E-state index contributed by atoms with van der Waals surface area (Å²) in [7, 11) is -1.38. The molecule has 3 heterocycles. The maximum atomic E-state index is 15.2. The number of aromatic nitrogens is 2. The van der Waals surface area contributed by atoms with Crippen LogP contribution in [0.15, 0.2) is 35.6 Å². The molecule has 7 nitrogen and oxygen atoms in total. The molecule has 2 saturated carbocycles. The predicted molar refractivity (Wildman–Crippen MR) is 151 cm³/mol. The summed E-state index contributed by atoms with van der Waals surface area (Å²) in [6.07, 6.45) is 0.0856. The summed E-state index contributed by atoms with van der Waals surface area (Å²) in [4.78, 5) is 8.63. The zero-order valence-electron chi connectivity index (χ0n) is 23.7. The third-order valence-electron chi connectivity index (χ3n) is 8.25. The second-order valence-electron chi connectivity index (χ2n) is 12.9. The van der Waals surface area contributed by atoms with Crippen molar-refractivity contribution in [1.82, 2.24) is 9.55 Å². The van der Waals surface area contributed by atoms with Crippen LogP contribution in [0, 0.1) is 17.0 Å². The summed E-state index contributed by atoms with van der Waals surface area (Å²) >= 11 is 0. The van der Waals surface area contributed by atoms with E-state index in [4.69, 9.17) is 14.2 Å². The maximum absolute atomic E-state index is 15.2. The lowest BCUT2D eigenvalue weighted by atomic mass is 9.95. The number of fused-ring (bicyclic) bond motifs is 1. The van der Waals surface area contributed by atoms with Gasteiger partial charge in [-0.05, 0) is 43.4 Å². The number of anilines is 1. The zero-order chi connectivity index (χ0) is 29.9. The van der Waals surface area contributed by atoms with Crippen molar-refractivity contribution in [2.45, 2.75) is 69.7 Å². The first kappa shape index (κ1) is 28.9. The lowest BCUT2D eigenvalue weighted by molar-refractivity contribution is -0.160. The van der Waals surface area contributed by atoms with Crippen LogP contribution in [0.5, 0.6) is 11.5 Å². The zero-order valence-corrected chi connectivity index (χ0v) is 24.7. The van der Waals surface area contributed by atoms with Gasteiger partial charge in [0.05, 0.1) is 24.0 Å². The molecule has 2 aliphatic carbocycles. The molecule has 1 aliphatic heterocycles. The molecular formula is C29H33F5N4O3Si. The normalized spacial score (nSPS) is 19.0. The number of aliphatic imine (C=N–C) groups is 1. The van der Waals surface area contributed by atoms with Gasteiger partial charge >= 0.3 is 6.18 Å². The highest BCUT2D eigenvalue weighted by Gasteiger charge is 2.65. The van der Waals surface area contributed by atoms with Gasteiger partial charge in [-0.25, -0.2) is 18.8 Å². The second kappa shape index (κ2) is 10.2. The lowest BCUT2D eigenvalue weighted by Crippen LogP contribution is -2.29. The molecule has 13 heteroatoms. The van der Waals surface area contributed by atoms with E-state index in [9.17, 15) is 13.2 Å². The number of nitrogens with zero attached hydrogens (tertiary/aromatic N) is 3. The van der Waals surface area contributed by atoms with Crippen LogP contribution >= 0.6 is 0 Å². The fourth-order valence-corrected chi connectivity index (χ4v) is 5.93. The van der Waals surface area contributed by atoms with Crippen molar-refractivity contribution in [3.8, 4) is 11.5 Å². The van der Waals surface area contributed by atoms with Crippen LogP contribution in [0.3, 0.4) is 0 Å². The predicted octanol–water partition coefficient (Wildman–Crippen LogP) is 7.59. The quantitative estimate of drug-likeness (QED) is 0.154. The van der Waals surface area contributed by atoms with E-state index in [-0.39, 0.29) is 59.0 Å². The number of ether oxygens (including phenoxy) is 3. The van der Waals surface area contributed by atoms with Crippen molar-refractivity contribution < 1.29 is 36.2 Å². The van der Waals surface area contributed by atoms with Crippen molar-refractivity contribution in [1.29, 1.82) is 0 Å². The molecule has 1 spiro atoms. The monoisotopic (exact) mass is 608 g/mol. The van der Waals surface area contributed by atoms with Crippen LogP contribution in [0.25, 0.3) is 11.0 Å². The summed E-state index contributed by atoms with van der Waals surface area (Å²) in [6.45, 7) is 8.13. The van der Waals surface area contributed by atoms with Gasteiger partial charge in [-0.2, -0.15) is 13.2 Å². The van der Waals surface area contributed by atoms with Crippen molar-refractivity contribution in [2.75, 3.05) is 25.1 Å². The van der Waals surface area contributed by atoms with Gasteiger partial charge in [0, 0.05) is 50.3 Å². The SMILES string of the molecule is C[Si](C)(C)CCOCn1cc(C2(C(F)(F)F)CC2)c2c(Oc3c(F)cc(NC4=NCC5(CC5)CO4)cc3F)ccnc21. The van der Waals surface area contributed by atoms with E-state index in [1.807, 2.05) is 0 Å². The molecule has 0 radical (unpaired) electrons. The van der Waals surface area contributed by atoms with Gasteiger partial charge < -0.3 is 24.1 Å². The van der Waals surface area contributed by atoms with E-state index in [0.29, 0.717) is 19.8 Å². The number of hydrogen-bond acceptors (Lipinski definition) is 6. The number of pyridine rings is 1. The van der Waals surface area contributed by atoms with Gasteiger partial charge in [0.25, 0.3) is 6.02 Å². The van der Waals surface area contributed by atoms with Crippen molar-refractivity contribution in [2.24, 2.45) is 10.4 Å². The van der Waals surface area contributed by atoms with Gasteiger partial charge in [0.1, 0.15) is 18.1 Å². The van der Waals surface area contributed by atoms with E-state index in [0.717, 1.165) is 31.0 Å². The lowest BCUT2D eigenvalue weighted by Gasteiger charge is -2.22. The molecule has 0 saturated heterocycles. The number of alkyl halides is 3. The fraction of sp³-hybridized carbons (Fsp3) is 0.517. The van der Waals surface area contributed by atoms with E-state index in [1.54, 1.807) is 0 Å². The average Bonchev–Trinajstić information content (AvgIpc) is 3.83. The summed E-state index contributed by atoms with van der Waals surface area (Å²) in [6, 6.07) is 4.44. The first-order valence-electron chi connectivity index (χ1n) is 14.0. The molecule has 2 aromatic heterocycles. The molecule has 1 N–H and O–H groups in total. The molecule has 0 amide bonds. The van der Waals surface area contributed by atoms with Gasteiger partial charge in [-0.15, -0.1) is 0 Å². The van der Waals surface area contributed by atoms with Gasteiger partial charge in [-0.3, -0.25) is 0 Å². The Bertz CT molecular complexity index is 1520. The Hall–Kier alpha value is -3.19. The number of hydrogen-bond donors (Lipinski definition) is 1. The van der Waals surface area contributed by atoms with Crippen LogP contribution in [-0.2, 0) is 21.6 Å². The molecule has 6 rings (SSSR count). The molecule has 0 unspecified atom stereocenters. The molecule has 0 bridgehead atoms. The number of benzene rings is 1. The Kier molecular flexibility index (Phi) is 7.03. The Morgan fingerprint density at radius 3 is 2.38 bits per heavy atom. The Labute approximate surface area is 241 Å². The van der Waals surface area contributed by atoms with Crippen LogP contribution in [0.4, 0.5) is 27.6 Å². The van der Waals surface area contributed by atoms with Crippen LogP contribution in [-0.4, -0.2) is 49.6 Å². The average molecular weight is 609 g/mol. The van der Waals surface area contributed by atoms with Crippen LogP contribution < -0.4 is 10.1 Å². The molecule has 226 valence electrons. The smallest absolute Gasteiger partial charge is 0.398 e. The molecule has 2 fully saturated rings. The third-order valence-corrected chi connectivity index (χ3v) is 9.95. The minimum absolute atomic E-state index is 0.0124. The molecule has 0 atom stereocenters. The highest BCUT2D eigenvalue weighted by Crippen LogP contribution is 2.61. The molecule has 3 aliphatic rings. The van der Waals surface area contributed by atoms with Gasteiger partial charge in [0.2, 0.25) is 0 Å². The first-order chi connectivity index (χ1) is 19.8. The van der Waals surface area contributed by atoms with Crippen molar-refractivity contribution >= 4 is 30.8 Å². The van der Waals surface area contributed by atoms with E-state index in [2.05, 4.69) is 34.9 Å². The highest BCUT2D eigenvalue weighted by atomic mass is 28.3. The van der Waals surface area contributed by atoms with E-state index in [1.165, 1.54) is 23.0 Å². The van der Waals surface area contributed by atoms with Crippen molar-refractivity contribution in [3.05, 3.63) is 47.8 Å². The highest BCUT2D eigenvalue weighted by molar-refractivity contribution is 6.76. The Balaban J connectivity index is 1.30. The van der Waals surface area contributed by atoms with Crippen LogP contribution in [0.1, 0.15) is 31.2 Å². The minimum atomic E-state index is -4.52. The summed E-state index contributed by atoms with van der Waals surface area (Å²) in [5, 5.41) is 2.84. The number of rotatable bonds is 9. The Morgan fingerprint density at radius 1 is 1.10 bits per heavy atom. The third kappa shape index (κ3) is 5.60. The number of halogens is 5. The van der Waals surface area contributed by atoms with Gasteiger partial charge in [-0.1, -0.05) is 19.6 Å².